The van der Waals surface area contributed by atoms with Crippen LogP contribution in [0.2, 0.25) is 0 Å². The van der Waals surface area contributed by atoms with E-state index in [0.29, 0.717) is 11.3 Å². The van der Waals surface area contributed by atoms with Gasteiger partial charge in [-0.05, 0) is 39.7 Å². The number of nitrogen functional groups attached to an aromatic ring is 1. The lowest BCUT2D eigenvalue weighted by atomic mass is 10.0. The topological polar surface area (TPSA) is 43.1 Å². The van der Waals surface area contributed by atoms with Crippen molar-refractivity contribution in [3.05, 3.63) is 63.6 Å². The van der Waals surface area contributed by atoms with Crippen molar-refractivity contribution in [3.8, 4) is 0 Å². The van der Waals surface area contributed by atoms with Gasteiger partial charge < -0.3 is 5.73 Å². The van der Waals surface area contributed by atoms with Crippen LogP contribution in [-0.4, -0.2) is 5.78 Å². The van der Waals surface area contributed by atoms with Crippen LogP contribution in [0.1, 0.15) is 15.9 Å². The van der Waals surface area contributed by atoms with E-state index in [0.717, 1.165) is 12.1 Å². The molecule has 0 spiro atoms. The van der Waals surface area contributed by atoms with Gasteiger partial charge in [-0.25, -0.2) is 8.78 Å². The third-order valence-corrected chi connectivity index (χ3v) is 3.57. The first-order valence-corrected chi connectivity index (χ1v) is 6.29. The number of para-hydroxylation sites is 1. The van der Waals surface area contributed by atoms with Crippen molar-refractivity contribution >= 4 is 27.4 Å². The van der Waals surface area contributed by atoms with E-state index in [2.05, 4.69) is 15.9 Å². The zero-order chi connectivity index (χ0) is 14.0. The van der Waals surface area contributed by atoms with Crippen LogP contribution in [-0.2, 0) is 6.42 Å². The number of carbonyl (C=O) groups excluding carboxylic acids is 1. The number of Topliss-reactive ketones (excluding diaryl/α,β-unsaturated/α-hetero) is 1. The van der Waals surface area contributed by atoms with Gasteiger partial charge in [0.2, 0.25) is 0 Å². The van der Waals surface area contributed by atoms with Gasteiger partial charge >= 0.3 is 0 Å². The minimum atomic E-state index is -0.733. The summed E-state index contributed by atoms with van der Waals surface area (Å²) in [6.07, 6.45) is -0.122. The average molecular weight is 326 g/mol. The Morgan fingerprint density at radius 2 is 1.89 bits per heavy atom. The van der Waals surface area contributed by atoms with Gasteiger partial charge in [-0.15, -0.1) is 0 Å². The fourth-order valence-electron chi connectivity index (χ4n) is 1.76. The smallest absolute Gasteiger partial charge is 0.169 e. The Hall–Kier alpha value is -1.75. The van der Waals surface area contributed by atoms with E-state index in [1.807, 2.05) is 0 Å². The van der Waals surface area contributed by atoms with Crippen LogP contribution in [0.15, 0.2) is 40.9 Å². The van der Waals surface area contributed by atoms with E-state index in [-0.39, 0.29) is 22.2 Å². The first-order chi connectivity index (χ1) is 8.99. The molecule has 0 aliphatic heterocycles. The maximum atomic E-state index is 13.3. The molecule has 19 heavy (non-hydrogen) atoms. The van der Waals surface area contributed by atoms with Gasteiger partial charge in [0.15, 0.2) is 5.78 Å². The van der Waals surface area contributed by atoms with Crippen molar-refractivity contribution in [1.82, 2.24) is 0 Å². The van der Waals surface area contributed by atoms with Crippen LogP contribution in [0.4, 0.5) is 14.5 Å². The molecule has 2 aromatic carbocycles. The first kappa shape index (κ1) is 13.7. The molecule has 0 heterocycles. The lowest BCUT2D eigenvalue weighted by Gasteiger charge is -2.07. The van der Waals surface area contributed by atoms with Crippen LogP contribution >= 0.6 is 15.9 Å². The normalized spacial score (nSPS) is 10.5. The van der Waals surface area contributed by atoms with Gasteiger partial charge in [-0.2, -0.15) is 0 Å². The predicted molar refractivity (Wildman–Crippen MR) is 72.9 cm³/mol. The first-order valence-electron chi connectivity index (χ1n) is 5.50. The van der Waals surface area contributed by atoms with Gasteiger partial charge in [0.05, 0.1) is 4.47 Å². The molecule has 2 nitrogen and oxygen atoms in total. The molecular formula is C14H10BrF2NO. The summed E-state index contributed by atoms with van der Waals surface area (Å²) in [4.78, 5) is 12.1. The summed E-state index contributed by atoms with van der Waals surface area (Å²) in [7, 11) is 0. The molecule has 0 aliphatic rings. The Balaban J connectivity index is 2.32. The van der Waals surface area contributed by atoms with Crippen molar-refractivity contribution in [3.63, 3.8) is 0 Å². The molecule has 5 heteroatoms. The second kappa shape index (κ2) is 5.48. The molecule has 0 saturated carbocycles. The van der Waals surface area contributed by atoms with Crippen molar-refractivity contribution in [2.24, 2.45) is 0 Å². The molecule has 0 bridgehead atoms. The zero-order valence-corrected chi connectivity index (χ0v) is 11.4. The SMILES string of the molecule is Nc1ccccc1C(=O)Cc1cc(F)cc(F)c1Br. The van der Waals surface area contributed by atoms with Crippen molar-refractivity contribution < 1.29 is 13.6 Å². The summed E-state index contributed by atoms with van der Waals surface area (Å²) in [5.41, 5.74) is 6.64. The number of anilines is 1. The summed E-state index contributed by atoms with van der Waals surface area (Å²) in [5, 5.41) is 0. The number of halogens is 3. The summed E-state index contributed by atoms with van der Waals surface area (Å²) in [6.45, 7) is 0. The van der Waals surface area contributed by atoms with Crippen LogP contribution in [0.3, 0.4) is 0 Å². The lowest BCUT2D eigenvalue weighted by molar-refractivity contribution is 0.0993. The number of hydrogen-bond donors (Lipinski definition) is 1. The van der Waals surface area contributed by atoms with Gasteiger partial charge in [0.25, 0.3) is 0 Å². The maximum absolute atomic E-state index is 13.3. The van der Waals surface area contributed by atoms with Crippen molar-refractivity contribution in [2.75, 3.05) is 5.73 Å². The number of ketones is 1. The Labute approximate surface area is 117 Å². The highest BCUT2D eigenvalue weighted by Crippen LogP contribution is 2.24. The Morgan fingerprint density at radius 3 is 2.58 bits per heavy atom. The summed E-state index contributed by atoms with van der Waals surface area (Å²) >= 11 is 3.01. The number of carbonyl (C=O) groups is 1. The van der Waals surface area contributed by atoms with Gasteiger partial charge in [0, 0.05) is 23.7 Å². The van der Waals surface area contributed by atoms with E-state index in [9.17, 15) is 13.6 Å². The largest absolute Gasteiger partial charge is 0.398 e. The van der Waals surface area contributed by atoms with Crippen molar-refractivity contribution in [2.45, 2.75) is 6.42 Å². The van der Waals surface area contributed by atoms with Crippen molar-refractivity contribution in [1.29, 1.82) is 0 Å². The maximum Gasteiger partial charge on any atom is 0.169 e. The second-order valence-electron chi connectivity index (χ2n) is 4.05. The van der Waals surface area contributed by atoms with Crippen LogP contribution in [0, 0.1) is 11.6 Å². The minimum Gasteiger partial charge on any atom is -0.398 e. The second-order valence-corrected chi connectivity index (χ2v) is 4.84. The molecule has 0 amide bonds. The molecule has 98 valence electrons. The number of rotatable bonds is 3. The molecular weight excluding hydrogens is 316 g/mol. The van der Waals surface area contributed by atoms with Crippen LogP contribution in [0.5, 0.6) is 0 Å². The van der Waals surface area contributed by atoms with Gasteiger partial charge in [0.1, 0.15) is 11.6 Å². The third kappa shape index (κ3) is 2.98. The lowest BCUT2D eigenvalue weighted by Crippen LogP contribution is -2.08. The summed E-state index contributed by atoms with van der Waals surface area (Å²) in [6, 6.07) is 8.48. The quantitative estimate of drug-likeness (QED) is 0.530. The fourth-order valence-corrected chi connectivity index (χ4v) is 2.13. The average Bonchev–Trinajstić information content (AvgIpc) is 2.35. The zero-order valence-electron chi connectivity index (χ0n) is 9.79. The third-order valence-electron chi connectivity index (χ3n) is 2.68. The molecule has 0 radical (unpaired) electrons. The van der Waals surface area contributed by atoms with E-state index < -0.39 is 11.6 Å². The highest BCUT2D eigenvalue weighted by molar-refractivity contribution is 9.10. The minimum absolute atomic E-state index is 0.0942. The van der Waals surface area contributed by atoms with E-state index in [4.69, 9.17) is 5.73 Å². The summed E-state index contributed by atoms with van der Waals surface area (Å²) < 4.78 is 26.6. The number of benzene rings is 2. The molecule has 0 atom stereocenters. The monoisotopic (exact) mass is 325 g/mol. The fraction of sp³-hybridized carbons (Fsp3) is 0.0714. The molecule has 0 fully saturated rings. The van der Waals surface area contributed by atoms with Crippen LogP contribution in [0.25, 0.3) is 0 Å². The molecule has 0 saturated heterocycles. The standard InChI is InChI=1S/C14H10BrF2NO/c15-14-8(5-9(16)7-11(14)17)6-13(19)10-3-1-2-4-12(10)18/h1-5,7H,6,18H2. The number of hydrogen-bond acceptors (Lipinski definition) is 2. The Kier molecular flexibility index (Phi) is 3.95. The van der Waals surface area contributed by atoms with E-state index in [1.54, 1.807) is 24.3 Å². The van der Waals surface area contributed by atoms with Gasteiger partial charge in [-0.3, -0.25) is 4.79 Å². The number of nitrogens with two attached hydrogens (primary N) is 1. The Morgan fingerprint density at radius 1 is 1.21 bits per heavy atom. The Bertz CT molecular complexity index is 643. The molecule has 0 aliphatic carbocycles. The van der Waals surface area contributed by atoms with E-state index >= 15 is 0 Å². The van der Waals surface area contributed by atoms with Gasteiger partial charge in [-0.1, -0.05) is 12.1 Å². The molecule has 2 aromatic rings. The molecule has 0 aromatic heterocycles. The molecule has 2 rings (SSSR count). The highest BCUT2D eigenvalue weighted by Gasteiger charge is 2.15. The summed E-state index contributed by atoms with van der Waals surface area (Å²) in [5.74, 6) is -1.74. The highest BCUT2D eigenvalue weighted by atomic mass is 79.9. The van der Waals surface area contributed by atoms with E-state index in [1.165, 1.54) is 0 Å². The molecule has 2 N–H and O–H groups in total. The van der Waals surface area contributed by atoms with Crippen LogP contribution < -0.4 is 5.73 Å². The molecule has 0 unspecified atom stereocenters. The predicted octanol–water partition coefficient (Wildman–Crippen LogP) is 3.73.